The van der Waals surface area contributed by atoms with Crippen LogP contribution in [0.5, 0.6) is 0 Å². The summed E-state index contributed by atoms with van der Waals surface area (Å²) < 4.78 is 28.6. The Morgan fingerprint density at radius 1 is 0.857 bits per heavy atom. The molecule has 0 spiro atoms. The number of unbranched alkanes of at least 4 members (excludes halogenated alkanes) is 2. The highest BCUT2D eigenvalue weighted by Gasteiger charge is 2.70. The van der Waals surface area contributed by atoms with E-state index in [-0.39, 0.29) is 5.92 Å². The second-order valence-electron chi connectivity index (χ2n) is 10.8. The monoisotopic (exact) mass is 494 g/mol. The van der Waals surface area contributed by atoms with Gasteiger partial charge in [0.05, 0.1) is 24.0 Å². The summed E-state index contributed by atoms with van der Waals surface area (Å²) in [5, 5.41) is 0. The Morgan fingerprint density at radius 3 is 1.77 bits per heavy atom. The van der Waals surface area contributed by atoms with E-state index < -0.39 is 46.9 Å². The molecule has 4 aliphatic carbocycles. The lowest BCUT2D eigenvalue weighted by Crippen LogP contribution is -2.66. The average molecular weight is 495 g/mol. The largest absolute Gasteiger partial charge is 0.456 e. The minimum atomic E-state index is -0.936. The maximum atomic E-state index is 13.6. The lowest BCUT2D eigenvalue weighted by atomic mass is 9.42. The molecule has 8 heteroatoms. The van der Waals surface area contributed by atoms with Gasteiger partial charge in [-0.25, -0.2) is 4.79 Å². The highest BCUT2D eigenvalue weighted by Crippen LogP contribution is 2.68. The van der Waals surface area contributed by atoms with Gasteiger partial charge in [-0.05, 0) is 58.3 Å². The minimum Gasteiger partial charge on any atom is -0.456 e. The zero-order chi connectivity index (χ0) is 25.7. The van der Waals surface area contributed by atoms with Crippen LogP contribution in [0.25, 0.3) is 0 Å². The van der Waals surface area contributed by atoms with Gasteiger partial charge in [-0.1, -0.05) is 33.3 Å². The third-order valence-corrected chi connectivity index (χ3v) is 7.61. The summed E-state index contributed by atoms with van der Waals surface area (Å²) in [4.78, 5) is 39.4. The molecule has 0 amide bonds. The number of rotatable bonds is 14. The van der Waals surface area contributed by atoms with Gasteiger partial charge in [-0.3, -0.25) is 9.59 Å². The fourth-order valence-corrected chi connectivity index (χ4v) is 6.58. The van der Waals surface area contributed by atoms with Crippen LogP contribution in [-0.2, 0) is 38.1 Å². The zero-order valence-electron chi connectivity index (χ0n) is 21.8. The summed E-state index contributed by atoms with van der Waals surface area (Å²) in [5.41, 5.74) is -2.80. The van der Waals surface area contributed by atoms with Crippen LogP contribution in [0.15, 0.2) is 12.7 Å². The number of carbonyl (C=O) groups excluding carboxylic acids is 3. The maximum absolute atomic E-state index is 13.6. The van der Waals surface area contributed by atoms with Crippen LogP contribution in [0, 0.1) is 16.7 Å². The van der Waals surface area contributed by atoms with Crippen molar-refractivity contribution < 1.29 is 38.1 Å². The van der Waals surface area contributed by atoms with Gasteiger partial charge in [0.15, 0.2) is 12.6 Å². The summed E-state index contributed by atoms with van der Waals surface area (Å²) >= 11 is 0. The van der Waals surface area contributed by atoms with Gasteiger partial charge in [-0.15, -0.1) is 0 Å². The molecule has 0 aromatic rings. The molecule has 4 saturated carbocycles. The summed E-state index contributed by atoms with van der Waals surface area (Å²) in [6.07, 6.45) is 6.23. The number of carbonyl (C=O) groups is 3. The SMILES string of the molecule is C=CC(=O)OC12CC3CC(C(=O)OC(C)OCCCC)(C1)CC(C(=O)OC(C)OCCCC)(C3)C2. The van der Waals surface area contributed by atoms with Crippen molar-refractivity contribution in [3.8, 4) is 0 Å². The third kappa shape index (κ3) is 6.26. The fraction of sp³-hybridized carbons (Fsp3) is 0.815. The molecule has 0 aromatic carbocycles. The van der Waals surface area contributed by atoms with Crippen molar-refractivity contribution in [2.45, 2.75) is 110 Å². The summed E-state index contributed by atoms with van der Waals surface area (Å²) in [5.74, 6) is -1.30. The van der Waals surface area contributed by atoms with Gasteiger partial charge >= 0.3 is 17.9 Å². The molecule has 0 saturated heterocycles. The molecular weight excluding hydrogens is 452 g/mol. The first-order chi connectivity index (χ1) is 16.6. The van der Waals surface area contributed by atoms with Crippen LogP contribution in [0.2, 0.25) is 0 Å². The molecule has 0 radical (unpaired) electrons. The van der Waals surface area contributed by atoms with Crippen LogP contribution < -0.4 is 0 Å². The molecule has 0 aromatic heterocycles. The standard InChI is InChI=1S/C27H42O8/c1-6-9-11-31-19(4)33-23(29)25-13-21-14-26(16-25,24(30)34-20(5)32-12-10-7-2)18-27(15-21,17-25)35-22(28)8-3/h8,19-21H,3,6-7,9-18H2,1-2,4-5H3. The fourth-order valence-electron chi connectivity index (χ4n) is 6.58. The van der Waals surface area contributed by atoms with Gasteiger partial charge < -0.3 is 23.7 Å². The van der Waals surface area contributed by atoms with E-state index in [0.717, 1.165) is 31.8 Å². The third-order valence-electron chi connectivity index (χ3n) is 7.61. The van der Waals surface area contributed by atoms with Gasteiger partial charge in [0.2, 0.25) is 0 Å². The van der Waals surface area contributed by atoms with E-state index in [2.05, 4.69) is 20.4 Å². The van der Waals surface area contributed by atoms with E-state index in [1.807, 2.05) is 0 Å². The highest BCUT2D eigenvalue weighted by atomic mass is 16.7. The number of esters is 3. The molecule has 0 heterocycles. The second kappa shape index (κ2) is 11.4. The number of hydrogen-bond donors (Lipinski definition) is 0. The molecule has 4 bridgehead atoms. The molecule has 198 valence electrons. The Balaban J connectivity index is 1.82. The van der Waals surface area contributed by atoms with E-state index >= 15 is 0 Å². The van der Waals surface area contributed by atoms with E-state index in [0.29, 0.717) is 51.7 Å². The quantitative estimate of drug-likeness (QED) is 0.111. The first-order valence-electron chi connectivity index (χ1n) is 13.1. The van der Waals surface area contributed by atoms with E-state index in [9.17, 15) is 14.4 Å². The Kier molecular flexibility index (Phi) is 9.02. The summed E-state index contributed by atoms with van der Waals surface area (Å²) in [7, 11) is 0. The minimum absolute atomic E-state index is 0.0385. The molecule has 4 atom stereocenters. The van der Waals surface area contributed by atoms with E-state index in [1.165, 1.54) is 0 Å². The van der Waals surface area contributed by atoms with Crippen molar-refractivity contribution in [1.29, 1.82) is 0 Å². The van der Waals surface area contributed by atoms with Crippen LogP contribution in [-0.4, -0.2) is 49.3 Å². The molecule has 4 unspecified atom stereocenters. The van der Waals surface area contributed by atoms with Gasteiger partial charge in [0, 0.05) is 18.9 Å². The first kappa shape index (κ1) is 27.7. The molecule has 0 N–H and O–H groups in total. The first-order valence-corrected chi connectivity index (χ1v) is 13.1. The van der Waals surface area contributed by atoms with Gasteiger partial charge in [-0.2, -0.15) is 0 Å². The lowest BCUT2D eigenvalue weighted by molar-refractivity contribution is -0.247. The van der Waals surface area contributed by atoms with Crippen molar-refractivity contribution in [1.82, 2.24) is 0 Å². The van der Waals surface area contributed by atoms with Crippen LogP contribution in [0.1, 0.15) is 91.9 Å². The average Bonchev–Trinajstić information content (AvgIpc) is 2.78. The normalized spacial score (nSPS) is 32.5. The van der Waals surface area contributed by atoms with E-state index in [1.54, 1.807) is 13.8 Å². The Labute approximate surface area is 209 Å². The topological polar surface area (TPSA) is 97.4 Å². The zero-order valence-corrected chi connectivity index (χ0v) is 21.8. The number of ether oxygens (including phenoxy) is 5. The predicted octanol–water partition coefficient (Wildman–Crippen LogP) is 4.84. The van der Waals surface area contributed by atoms with Crippen molar-refractivity contribution in [2.75, 3.05) is 13.2 Å². The smallest absolute Gasteiger partial charge is 0.330 e. The molecule has 4 fully saturated rings. The predicted molar refractivity (Wildman–Crippen MR) is 128 cm³/mol. The Hall–Kier alpha value is -1.93. The van der Waals surface area contributed by atoms with E-state index in [4.69, 9.17) is 23.7 Å². The van der Waals surface area contributed by atoms with Crippen LogP contribution in [0.4, 0.5) is 0 Å². The van der Waals surface area contributed by atoms with Crippen molar-refractivity contribution in [2.24, 2.45) is 16.7 Å². The van der Waals surface area contributed by atoms with Crippen molar-refractivity contribution in [3.63, 3.8) is 0 Å². The van der Waals surface area contributed by atoms with Crippen molar-refractivity contribution >= 4 is 17.9 Å². The molecule has 0 aliphatic heterocycles. The molecule has 4 rings (SSSR count). The molecule has 4 aliphatic rings. The summed E-state index contributed by atoms with van der Waals surface area (Å²) in [6.45, 7) is 12.1. The van der Waals surface area contributed by atoms with Gasteiger partial charge in [0.1, 0.15) is 5.60 Å². The van der Waals surface area contributed by atoms with Gasteiger partial charge in [0.25, 0.3) is 0 Å². The lowest BCUT2D eigenvalue weighted by Gasteiger charge is -2.63. The van der Waals surface area contributed by atoms with Crippen molar-refractivity contribution in [3.05, 3.63) is 12.7 Å². The molecular formula is C27H42O8. The Morgan fingerprint density at radius 2 is 1.34 bits per heavy atom. The molecule has 8 nitrogen and oxygen atoms in total. The second-order valence-corrected chi connectivity index (χ2v) is 10.8. The van der Waals surface area contributed by atoms with Crippen LogP contribution in [0.3, 0.4) is 0 Å². The van der Waals surface area contributed by atoms with Crippen LogP contribution >= 0.6 is 0 Å². The number of hydrogen-bond acceptors (Lipinski definition) is 8. The molecule has 35 heavy (non-hydrogen) atoms. The maximum Gasteiger partial charge on any atom is 0.330 e. The highest BCUT2D eigenvalue weighted by molar-refractivity contribution is 5.85. The Bertz CT molecular complexity index is 746. The summed E-state index contributed by atoms with van der Waals surface area (Å²) in [6, 6.07) is 0.